The minimum atomic E-state index is -0.249. The highest BCUT2D eigenvalue weighted by molar-refractivity contribution is 14.0. The Morgan fingerprint density at radius 3 is 2.92 bits per heavy atom. The third-order valence-electron chi connectivity index (χ3n) is 4.77. The molecule has 5 nitrogen and oxygen atoms in total. The Kier molecular flexibility index (Phi) is 7.87. The molecule has 1 aliphatic rings. The summed E-state index contributed by atoms with van der Waals surface area (Å²) in [7, 11) is 1.79. The van der Waals surface area contributed by atoms with E-state index in [1.807, 2.05) is 24.8 Å². The zero-order chi connectivity index (χ0) is 17.8. The summed E-state index contributed by atoms with van der Waals surface area (Å²) in [4.78, 5) is 10.8. The number of hydrogen-bond donors (Lipinski definition) is 1. The van der Waals surface area contributed by atoms with Crippen molar-refractivity contribution in [3.05, 3.63) is 52.8 Å². The fraction of sp³-hybridized carbons (Fsp3) is 0.444. The van der Waals surface area contributed by atoms with E-state index >= 15 is 0 Å². The van der Waals surface area contributed by atoms with Gasteiger partial charge in [0, 0.05) is 39.1 Å². The van der Waals surface area contributed by atoms with Crippen molar-refractivity contribution in [2.75, 3.05) is 20.1 Å². The van der Waals surface area contributed by atoms with Gasteiger partial charge in [-0.15, -0.1) is 24.0 Å². The number of aliphatic imine (C=N–C) groups is 1. The van der Waals surface area contributed by atoms with Gasteiger partial charge in [-0.2, -0.15) is 0 Å². The lowest BCUT2D eigenvalue weighted by Crippen LogP contribution is -2.48. The van der Waals surface area contributed by atoms with Crippen LogP contribution in [-0.4, -0.2) is 40.5 Å². The molecular formula is C18H24BrFIN5. The number of likely N-dealkylation sites (tertiary alicyclic amines) is 1. The lowest BCUT2D eigenvalue weighted by molar-refractivity contribution is 0.189. The summed E-state index contributed by atoms with van der Waals surface area (Å²) in [6.07, 6.45) is 6.81. The maximum Gasteiger partial charge on any atom is 0.193 e. The van der Waals surface area contributed by atoms with E-state index in [0.29, 0.717) is 23.0 Å². The Balaban J connectivity index is 0.00000243. The number of benzene rings is 1. The third-order valence-corrected chi connectivity index (χ3v) is 5.42. The summed E-state index contributed by atoms with van der Waals surface area (Å²) in [6, 6.07) is 5.55. The van der Waals surface area contributed by atoms with Crippen LogP contribution in [0, 0.1) is 11.7 Å². The van der Waals surface area contributed by atoms with Crippen molar-refractivity contribution in [3.8, 4) is 0 Å². The molecule has 2 aromatic rings. The van der Waals surface area contributed by atoms with Crippen molar-refractivity contribution in [1.29, 1.82) is 0 Å². The summed E-state index contributed by atoms with van der Waals surface area (Å²) < 4.78 is 16.3. The van der Waals surface area contributed by atoms with Crippen molar-refractivity contribution in [3.63, 3.8) is 0 Å². The van der Waals surface area contributed by atoms with Gasteiger partial charge in [-0.1, -0.05) is 13.0 Å². The Hall–Kier alpha value is -1.16. The smallest absolute Gasteiger partial charge is 0.193 e. The van der Waals surface area contributed by atoms with Crippen LogP contribution in [0.4, 0.5) is 4.39 Å². The molecule has 142 valence electrons. The lowest BCUT2D eigenvalue weighted by atomic mass is 9.93. The number of piperidine rings is 1. The fourth-order valence-corrected chi connectivity index (χ4v) is 3.50. The summed E-state index contributed by atoms with van der Waals surface area (Å²) in [5.74, 6) is 1.19. The second-order valence-electron chi connectivity index (χ2n) is 6.44. The first-order chi connectivity index (χ1) is 12.1. The molecule has 2 heterocycles. The molecule has 3 rings (SSSR count). The first-order valence-electron chi connectivity index (χ1n) is 8.45. The molecule has 0 radical (unpaired) electrons. The molecule has 8 heteroatoms. The van der Waals surface area contributed by atoms with E-state index in [-0.39, 0.29) is 29.8 Å². The number of nitrogens with zero attached hydrogens (tertiary/aromatic N) is 4. The van der Waals surface area contributed by atoms with Crippen LogP contribution in [-0.2, 0) is 6.54 Å². The third kappa shape index (κ3) is 4.97. The van der Waals surface area contributed by atoms with Crippen molar-refractivity contribution in [2.24, 2.45) is 10.9 Å². The number of hydrogen-bond acceptors (Lipinski definition) is 2. The topological polar surface area (TPSA) is 45.5 Å². The van der Waals surface area contributed by atoms with Gasteiger partial charge in [0.15, 0.2) is 5.96 Å². The molecule has 1 N–H and O–H groups in total. The molecule has 1 fully saturated rings. The van der Waals surface area contributed by atoms with Gasteiger partial charge in [0.05, 0.1) is 16.8 Å². The molecule has 1 aromatic heterocycles. The van der Waals surface area contributed by atoms with Crippen LogP contribution in [0.3, 0.4) is 0 Å². The van der Waals surface area contributed by atoms with Crippen molar-refractivity contribution in [1.82, 2.24) is 19.8 Å². The number of halogens is 3. The van der Waals surface area contributed by atoms with E-state index in [0.717, 1.165) is 31.0 Å². The summed E-state index contributed by atoms with van der Waals surface area (Å²) in [5, 5.41) is 3.35. The standard InChI is InChI=1S/C18H23BrFN5.HI/c1-13-5-7-24(11-17(13)25-8-6-22-12-25)18(21-2)23-10-14-3-4-15(19)16(20)9-14;/h3-4,6,8-9,12-13,17H,5,7,10-11H2,1-2H3,(H,21,23);1H. The number of imidazole rings is 1. The number of guanidine groups is 1. The molecule has 1 saturated heterocycles. The van der Waals surface area contributed by atoms with Crippen LogP contribution in [0.1, 0.15) is 24.9 Å². The van der Waals surface area contributed by atoms with Gasteiger partial charge in [-0.25, -0.2) is 9.37 Å². The van der Waals surface area contributed by atoms with E-state index in [1.165, 1.54) is 6.07 Å². The van der Waals surface area contributed by atoms with Gasteiger partial charge in [-0.3, -0.25) is 4.99 Å². The average Bonchev–Trinajstić information content (AvgIpc) is 3.14. The Labute approximate surface area is 179 Å². The predicted octanol–water partition coefficient (Wildman–Crippen LogP) is 4.06. The molecule has 1 aromatic carbocycles. The monoisotopic (exact) mass is 535 g/mol. The molecule has 0 bridgehead atoms. The van der Waals surface area contributed by atoms with Crippen LogP contribution in [0.2, 0.25) is 0 Å². The summed E-state index contributed by atoms with van der Waals surface area (Å²) in [5.41, 5.74) is 0.887. The van der Waals surface area contributed by atoms with Gasteiger partial charge in [0.25, 0.3) is 0 Å². The second-order valence-corrected chi connectivity index (χ2v) is 7.29. The maximum atomic E-state index is 13.7. The average molecular weight is 536 g/mol. The molecule has 26 heavy (non-hydrogen) atoms. The first-order valence-corrected chi connectivity index (χ1v) is 9.24. The summed E-state index contributed by atoms with van der Waals surface area (Å²) in [6.45, 7) is 4.66. The largest absolute Gasteiger partial charge is 0.352 e. The molecule has 0 aliphatic carbocycles. The Morgan fingerprint density at radius 1 is 1.46 bits per heavy atom. The predicted molar refractivity (Wildman–Crippen MR) is 116 cm³/mol. The van der Waals surface area contributed by atoms with E-state index < -0.39 is 0 Å². The minimum absolute atomic E-state index is 0. The van der Waals surface area contributed by atoms with E-state index in [1.54, 1.807) is 13.1 Å². The Morgan fingerprint density at radius 2 is 2.27 bits per heavy atom. The normalized spacial score (nSPS) is 20.6. The first kappa shape index (κ1) is 21.1. The molecule has 0 spiro atoms. The highest BCUT2D eigenvalue weighted by Crippen LogP contribution is 2.27. The highest BCUT2D eigenvalue weighted by Gasteiger charge is 2.28. The van der Waals surface area contributed by atoms with E-state index in [2.05, 4.69) is 47.6 Å². The van der Waals surface area contributed by atoms with Crippen molar-refractivity contribution < 1.29 is 4.39 Å². The molecule has 0 saturated carbocycles. The van der Waals surface area contributed by atoms with E-state index in [9.17, 15) is 4.39 Å². The molecule has 1 aliphatic heterocycles. The van der Waals surface area contributed by atoms with Crippen molar-refractivity contribution >= 4 is 45.9 Å². The van der Waals surface area contributed by atoms with Crippen LogP contribution >= 0.6 is 39.9 Å². The van der Waals surface area contributed by atoms with Gasteiger partial charge >= 0.3 is 0 Å². The highest BCUT2D eigenvalue weighted by atomic mass is 127. The minimum Gasteiger partial charge on any atom is -0.352 e. The van der Waals surface area contributed by atoms with Crippen molar-refractivity contribution in [2.45, 2.75) is 25.9 Å². The maximum absolute atomic E-state index is 13.7. The second kappa shape index (κ2) is 9.68. The Bertz CT molecular complexity index is 737. The fourth-order valence-electron chi connectivity index (χ4n) is 3.26. The molecule has 0 amide bonds. The quantitative estimate of drug-likeness (QED) is 0.366. The lowest BCUT2D eigenvalue weighted by Gasteiger charge is -2.39. The number of aromatic nitrogens is 2. The van der Waals surface area contributed by atoms with Crippen LogP contribution < -0.4 is 5.32 Å². The molecule has 2 unspecified atom stereocenters. The molecule has 2 atom stereocenters. The number of rotatable bonds is 3. The SMILES string of the molecule is CN=C(NCc1ccc(Br)c(F)c1)N1CCC(C)C(n2ccnc2)C1.I. The van der Waals surface area contributed by atoms with E-state index in [4.69, 9.17) is 0 Å². The van der Waals surface area contributed by atoms with Gasteiger partial charge in [0.2, 0.25) is 0 Å². The zero-order valence-electron chi connectivity index (χ0n) is 14.9. The summed E-state index contributed by atoms with van der Waals surface area (Å²) >= 11 is 3.18. The number of nitrogens with one attached hydrogen (secondary N) is 1. The van der Waals surface area contributed by atoms with Crippen LogP contribution in [0.25, 0.3) is 0 Å². The van der Waals surface area contributed by atoms with Crippen LogP contribution in [0.15, 0.2) is 46.4 Å². The van der Waals surface area contributed by atoms with Gasteiger partial charge in [-0.05, 0) is 46.0 Å². The molecular weight excluding hydrogens is 512 g/mol. The van der Waals surface area contributed by atoms with Crippen LogP contribution in [0.5, 0.6) is 0 Å². The van der Waals surface area contributed by atoms with Gasteiger partial charge < -0.3 is 14.8 Å². The zero-order valence-corrected chi connectivity index (χ0v) is 18.8. The van der Waals surface area contributed by atoms with Gasteiger partial charge in [0.1, 0.15) is 5.82 Å².